The Morgan fingerprint density at radius 1 is 1.03 bits per heavy atom. The molecule has 0 atom stereocenters. The van der Waals surface area contributed by atoms with E-state index in [1.807, 2.05) is 26.0 Å². The first-order valence-electron chi connectivity index (χ1n) is 11.8. The van der Waals surface area contributed by atoms with E-state index in [2.05, 4.69) is 71.2 Å². The van der Waals surface area contributed by atoms with Crippen molar-refractivity contribution >= 4 is 23.4 Å². The molecule has 1 N–H and O–H groups in total. The van der Waals surface area contributed by atoms with Crippen molar-refractivity contribution in [2.75, 3.05) is 11.1 Å². The third kappa shape index (κ3) is 5.67. The number of hydrogen-bond donors (Lipinski definition) is 1. The molecule has 1 fully saturated rings. The molecule has 1 saturated carbocycles. The van der Waals surface area contributed by atoms with Crippen LogP contribution in [0.1, 0.15) is 69.2 Å². The number of nitrogens with zero attached hydrogens (tertiary/aromatic N) is 3. The van der Waals surface area contributed by atoms with Gasteiger partial charge in [0.15, 0.2) is 11.0 Å². The maximum atomic E-state index is 12.7. The lowest BCUT2D eigenvalue weighted by molar-refractivity contribution is -0.113. The highest BCUT2D eigenvalue weighted by atomic mass is 32.2. The summed E-state index contributed by atoms with van der Waals surface area (Å²) in [7, 11) is 0. The van der Waals surface area contributed by atoms with Crippen LogP contribution < -0.4 is 5.32 Å². The SMILES string of the molecule is Cc1cc(C)cc(NC(=O)CSc2nnc(-c3ccc(C(C)(C)C)cc3)n2C2CCCC2)c1. The van der Waals surface area contributed by atoms with Crippen molar-refractivity contribution in [2.45, 2.75) is 76.9 Å². The summed E-state index contributed by atoms with van der Waals surface area (Å²) in [6, 6.07) is 15.2. The van der Waals surface area contributed by atoms with E-state index in [0.717, 1.165) is 46.2 Å². The van der Waals surface area contributed by atoms with Gasteiger partial charge in [0.1, 0.15) is 0 Å². The van der Waals surface area contributed by atoms with Crippen LogP contribution in [0.25, 0.3) is 11.4 Å². The molecule has 0 aliphatic heterocycles. The number of benzene rings is 2. The minimum absolute atomic E-state index is 0.0259. The number of carbonyl (C=O) groups is 1. The van der Waals surface area contributed by atoms with Crippen molar-refractivity contribution < 1.29 is 4.79 Å². The lowest BCUT2D eigenvalue weighted by atomic mass is 9.86. The average Bonchev–Trinajstić information content (AvgIpc) is 3.40. The second-order valence-corrected chi connectivity index (χ2v) is 11.1. The first-order chi connectivity index (χ1) is 15.7. The minimum Gasteiger partial charge on any atom is -0.325 e. The monoisotopic (exact) mass is 462 g/mol. The van der Waals surface area contributed by atoms with E-state index in [4.69, 9.17) is 0 Å². The van der Waals surface area contributed by atoms with E-state index >= 15 is 0 Å². The molecule has 1 heterocycles. The summed E-state index contributed by atoms with van der Waals surface area (Å²) in [5.74, 6) is 1.18. The molecule has 174 valence electrons. The number of aryl methyl sites for hydroxylation is 2. The molecular weight excluding hydrogens is 428 g/mol. The van der Waals surface area contributed by atoms with E-state index in [1.54, 1.807) is 0 Å². The number of nitrogens with one attached hydrogen (secondary N) is 1. The number of thioether (sulfide) groups is 1. The van der Waals surface area contributed by atoms with Crippen LogP contribution in [0.3, 0.4) is 0 Å². The standard InChI is InChI=1S/C27H34N4OS/c1-18-14-19(2)16-22(15-18)28-24(32)17-33-26-30-29-25(31(26)23-8-6-7-9-23)20-10-12-21(13-11-20)27(3,4)5/h10-16,23H,6-9,17H2,1-5H3,(H,28,32). The molecule has 4 rings (SSSR count). The van der Waals surface area contributed by atoms with Gasteiger partial charge < -0.3 is 5.32 Å². The second-order valence-electron chi connectivity index (χ2n) is 10.2. The van der Waals surface area contributed by atoms with Crippen LogP contribution in [0, 0.1) is 13.8 Å². The summed E-state index contributed by atoms with van der Waals surface area (Å²) in [5.41, 5.74) is 5.61. The lowest BCUT2D eigenvalue weighted by Crippen LogP contribution is -2.15. The van der Waals surface area contributed by atoms with Crippen LogP contribution in [0.5, 0.6) is 0 Å². The van der Waals surface area contributed by atoms with E-state index in [9.17, 15) is 4.79 Å². The van der Waals surface area contributed by atoms with Gasteiger partial charge in [-0.3, -0.25) is 9.36 Å². The van der Waals surface area contributed by atoms with Crippen LogP contribution in [0.4, 0.5) is 5.69 Å². The molecule has 5 nitrogen and oxygen atoms in total. The highest BCUT2D eigenvalue weighted by Crippen LogP contribution is 2.37. The van der Waals surface area contributed by atoms with Gasteiger partial charge in [-0.25, -0.2) is 0 Å². The van der Waals surface area contributed by atoms with Crippen LogP contribution in [0.2, 0.25) is 0 Å². The molecular formula is C27H34N4OS. The van der Waals surface area contributed by atoms with Crippen LogP contribution in [0.15, 0.2) is 47.6 Å². The third-order valence-electron chi connectivity index (χ3n) is 6.20. The summed E-state index contributed by atoms with van der Waals surface area (Å²) in [6.07, 6.45) is 4.71. The normalized spacial score (nSPS) is 14.6. The molecule has 1 amide bonds. The summed E-state index contributed by atoms with van der Waals surface area (Å²) < 4.78 is 2.27. The molecule has 1 aromatic heterocycles. The Morgan fingerprint density at radius 2 is 1.67 bits per heavy atom. The molecule has 1 aliphatic rings. The Bertz CT molecular complexity index is 1100. The number of rotatable bonds is 6. The fourth-order valence-corrected chi connectivity index (χ4v) is 5.36. The highest BCUT2D eigenvalue weighted by molar-refractivity contribution is 7.99. The predicted molar refractivity (Wildman–Crippen MR) is 137 cm³/mol. The Morgan fingerprint density at radius 3 is 2.27 bits per heavy atom. The van der Waals surface area contributed by atoms with Gasteiger partial charge in [-0.2, -0.15) is 0 Å². The van der Waals surface area contributed by atoms with E-state index < -0.39 is 0 Å². The zero-order valence-electron chi connectivity index (χ0n) is 20.3. The van der Waals surface area contributed by atoms with Crippen molar-refractivity contribution in [1.82, 2.24) is 14.8 Å². The Labute approximate surface area is 201 Å². The zero-order chi connectivity index (χ0) is 23.6. The number of carbonyl (C=O) groups excluding carboxylic acids is 1. The quantitative estimate of drug-likeness (QED) is 0.414. The molecule has 6 heteroatoms. The second kappa shape index (κ2) is 9.72. The Kier molecular flexibility index (Phi) is 6.94. The van der Waals surface area contributed by atoms with Gasteiger partial charge in [0.2, 0.25) is 5.91 Å². The van der Waals surface area contributed by atoms with Gasteiger partial charge in [0.05, 0.1) is 5.75 Å². The molecule has 0 saturated heterocycles. The van der Waals surface area contributed by atoms with Crippen LogP contribution in [-0.2, 0) is 10.2 Å². The number of hydrogen-bond acceptors (Lipinski definition) is 4. The van der Waals surface area contributed by atoms with Gasteiger partial charge >= 0.3 is 0 Å². The van der Waals surface area contributed by atoms with E-state index in [-0.39, 0.29) is 11.3 Å². The average molecular weight is 463 g/mol. The van der Waals surface area contributed by atoms with Gasteiger partial charge in [-0.05, 0) is 60.9 Å². The molecule has 33 heavy (non-hydrogen) atoms. The fourth-order valence-electron chi connectivity index (χ4n) is 4.56. The fraction of sp³-hybridized carbons (Fsp3) is 0.444. The number of aromatic nitrogens is 3. The molecule has 1 aliphatic carbocycles. The van der Waals surface area contributed by atoms with Gasteiger partial charge in [0.25, 0.3) is 0 Å². The van der Waals surface area contributed by atoms with Crippen molar-refractivity contribution in [3.63, 3.8) is 0 Å². The smallest absolute Gasteiger partial charge is 0.234 e. The highest BCUT2D eigenvalue weighted by Gasteiger charge is 2.25. The van der Waals surface area contributed by atoms with Crippen LogP contribution >= 0.6 is 11.8 Å². The molecule has 0 bridgehead atoms. The van der Waals surface area contributed by atoms with E-state index in [1.165, 1.54) is 30.2 Å². The van der Waals surface area contributed by atoms with Gasteiger partial charge in [-0.1, -0.05) is 75.7 Å². The number of anilines is 1. The van der Waals surface area contributed by atoms with Crippen molar-refractivity contribution in [3.05, 3.63) is 59.2 Å². The third-order valence-corrected chi connectivity index (χ3v) is 7.14. The lowest BCUT2D eigenvalue weighted by Gasteiger charge is -2.20. The van der Waals surface area contributed by atoms with Gasteiger partial charge in [0, 0.05) is 17.3 Å². The number of amides is 1. The van der Waals surface area contributed by atoms with Gasteiger partial charge in [-0.15, -0.1) is 10.2 Å². The topological polar surface area (TPSA) is 59.8 Å². The molecule has 0 unspecified atom stereocenters. The van der Waals surface area contributed by atoms with Crippen molar-refractivity contribution in [2.24, 2.45) is 0 Å². The first-order valence-corrected chi connectivity index (χ1v) is 12.8. The van der Waals surface area contributed by atoms with Crippen LogP contribution in [-0.4, -0.2) is 26.4 Å². The summed E-state index contributed by atoms with van der Waals surface area (Å²) in [4.78, 5) is 12.7. The van der Waals surface area contributed by atoms with Crippen molar-refractivity contribution in [3.8, 4) is 11.4 Å². The summed E-state index contributed by atoms with van der Waals surface area (Å²) >= 11 is 1.47. The molecule has 3 aromatic rings. The summed E-state index contributed by atoms with van der Waals surface area (Å²) in [5, 5.41) is 12.9. The predicted octanol–water partition coefficient (Wildman–Crippen LogP) is 6.71. The summed E-state index contributed by atoms with van der Waals surface area (Å²) in [6.45, 7) is 10.7. The zero-order valence-corrected chi connectivity index (χ0v) is 21.1. The molecule has 0 spiro atoms. The molecule has 2 aromatic carbocycles. The minimum atomic E-state index is -0.0259. The largest absolute Gasteiger partial charge is 0.325 e. The maximum Gasteiger partial charge on any atom is 0.234 e. The van der Waals surface area contributed by atoms with Crippen molar-refractivity contribution in [1.29, 1.82) is 0 Å². The Balaban J connectivity index is 1.53. The maximum absolute atomic E-state index is 12.7. The molecule has 0 radical (unpaired) electrons. The Hall–Kier alpha value is -2.60. The van der Waals surface area contributed by atoms with E-state index in [0.29, 0.717) is 11.8 Å². The first kappa shape index (κ1) is 23.6.